The van der Waals surface area contributed by atoms with Crippen molar-refractivity contribution in [2.24, 2.45) is 7.05 Å². The number of carbonyl (C=O) groups is 2. The van der Waals surface area contributed by atoms with Gasteiger partial charge in [-0.2, -0.15) is 18.3 Å². The number of carbonyl (C=O) groups excluding carboxylic acids is 2. The van der Waals surface area contributed by atoms with Gasteiger partial charge in [-0.15, -0.1) is 0 Å². The first kappa shape index (κ1) is 26.5. The largest absolute Gasteiger partial charge is 0.419 e. The molecule has 206 valence electrons. The summed E-state index contributed by atoms with van der Waals surface area (Å²) in [5.74, 6) is -4.62. The molecule has 40 heavy (non-hydrogen) atoms. The van der Waals surface area contributed by atoms with E-state index in [4.69, 9.17) is 4.42 Å². The molecule has 10 nitrogen and oxygen atoms in total. The van der Waals surface area contributed by atoms with Crippen LogP contribution >= 0.6 is 0 Å². The Bertz CT molecular complexity index is 1860. The molecule has 3 aromatic heterocycles. The fourth-order valence-electron chi connectivity index (χ4n) is 3.94. The van der Waals surface area contributed by atoms with Gasteiger partial charge in [0, 0.05) is 26.2 Å². The van der Waals surface area contributed by atoms with E-state index in [2.05, 4.69) is 20.7 Å². The molecule has 0 saturated heterocycles. The molecule has 2 amide bonds. The minimum absolute atomic E-state index is 0.0175. The van der Waals surface area contributed by atoms with E-state index in [1.54, 1.807) is 18.2 Å². The predicted molar refractivity (Wildman–Crippen MR) is 128 cm³/mol. The summed E-state index contributed by atoms with van der Waals surface area (Å²) in [4.78, 5) is 41.4. The smallest absolute Gasteiger partial charge is 0.408 e. The zero-order chi connectivity index (χ0) is 28.8. The monoisotopic (exact) mass is 560 g/mol. The van der Waals surface area contributed by atoms with Gasteiger partial charge in [0.05, 0.1) is 17.3 Å². The number of nitrogens with one attached hydrogen (secondary N) is 2. The summed E-state index contributed by atoms with van der Waals surface area (Å²) in [6, 6.07) is 8.11. The minimum Gasteiger partial charge on any atom is -0.408 e. The summed E-state index contributed by atoms with van der Waals surface area (Å²) in [5.41, 5.74) is -1.19. The molecule has 2 N–H and O–H groups in total. The van der Waals surface area contributed by atoms with Gasteiger partial charge in [0.15, 0.2) is 17.0 Å². The Morgan fingerprint density at radius 1 is 0.950 bits per heavy atom. The quantitative estimate of drug-likeness (QED) is 0.307. The van der Waals surface area contributed by atoms with E-state index in [-0.39, 0.29) is 23.5 Å². The van der Waals surface area contributed by atoms with Crippen molar-refractivity contribution >= 4 is 28.6 Å². The molecule has 0 unspecified atom stereocenters. The molecule has 0 saturated carbocycles. The highest BCUT2D eigenvalue weighted by atomic mass is 19.4. The molecule has 5 rings (SSSR count). The Kier molecular flexibility index (Phi) is 6.57. The third-order valence-corrected chi connectivity index (χ3v) is 5.99. The van der Waals surface area contributed by atoms with Gasteiger partial charge in [-0.25, -0.2) is 23.1 Å². The van der Waals surface area contributed by atoms with Crippen molar-refractivity contribution in [3.63, 3.8) is 0 Å². The number of halogens is 5. The Hall–Kier alpha value is -5.08. The van der Waals surface area contributed by atoms with Crippen molar-refractivity contribution in [1.82, 2.24) is 29.8 Å². The molecular formula is C25H17F5N6O4. The zero-order valence-corrected chi connectivity index (χ0v) is 20.3. The number of hydrogen-bond donors (Lipinski definition) is 2. The van der Waals surface area contributed by atoms with Crippen LogP contribution in [0.15, 0.2) is 57.9 Å². The van der Waals surface area contributed by atoms with E-state index in [0.717, 1.165) is 22.8 Å². The number of alkyl halides is 3. The summed E-state index contributed by atoms with van der Waals surface area (Å²) in [6.07, 6.45) is -4.15. The molecule has 15 heteroatoms. The number of nitrogens with zero attached hydrogens (tertiary/aromatic N) is 4. The SMILES string of the molecule is Cn1c(=O)oc2ccc(CNC(=O)c3cc(C(=O)NCc4ccc(F)c(C(F)(F)F)c4)n4ncc(F)c4n3)cc21. The van der Waals surface area contributed by atoms with Crippen molar-refractivity contribution in [2.75, 3.05) is 0 Å². The Labute approximate surface area is 220 Å². The van der Waals surface area contributed by atoms with E-state index in [1.807, 2.05) is 0 Å². The van der Waals surface area contributed by atoms with Crippen LogP contribution in [-0.4, -0.2) is 31.0 Å². The molecule has 0 spiro atoms. The maximum absolute atomic E-state index is 14.3. The second-order valence-corrected chi connectivity index (χ2v) is 8.66. The first-order chi connectivity index (χ1) is 18.9. The van der Waals surface area contributed by atoms with Crippen LogP contribution in [0, 0.1) is 11.6 Å². The van der Waals surface area contributed by atoms with E-state index in [9.17, 15) is 36.3 Å². The molecule has 0 fully saturated rings. The second kappa shape index (κ2) is 9.91. The fourth-order valence-corrected chi connectivity index (χ4v) is 3.94. The van der Waals surface area contributed by atoms with Crippen LogP contribution in [0.3, 0.4) is 0 Å². The van der Waals surface area contributed by atoms with Crippen LogP contribution in [0.4, 0.5) is 22.0 Å². The van der Waals surface area contributed by atoms with Crippen LogP contribution in [0.25, 0.3) is 16.7 Å². The maximum atomic E-state index is 14.3. The summed E-state index contributed by atoms with van der Waals surface area (Å²) < 4.78 is 74.1. The average Bonchev–Trinajstić information content (AvgIpc) is 3.43. The number of hydrogen-bond acceptors (Lipinski definition) is 6. The molecule has 0 aliphatic carbocycles. The molecule has 0 bridgehead atoms. The fraction of sp³-hybridized carbons (Fsp3) is 0.160. The van der Waals surface area contributed by atoms with E-state index >= 15 is 0 Å². The number of aryl methyl sites for hydroxylation is 1. The van der Waals surface area contributed by atoms with Crippen LogP contribution in [-0.2, 0) is 26.3 Å². The van der Waals surface area contributed by atoms with Gasteiger partial charge in [-0.05, 0) is 35.4 Å². The van der Waals surface area contributed by atoms with Crippen molar-refractivity contribution < 1.29 is 36.0 Å². The lowest BCUT2D eigenvalue weighted by atomic mass is 10.1. The third-order valence-electron chi connectivity index (χ3n) is 5.99. The molecule has 0 radical (unpaired) electrons. The van der Waals surface area contributed by atoms with Gasteiger partial charge in [-0.3, -0.25) is 14.2 Å². The molecule has 3 heterocycles. The zero-order valence-electron chi connectivity index (χ0n) is 20.3. The highest BCUT2D eigenvalue weighted by Gasteiger charge is 2.34. The van der Waals surface area contributed by atoms with Gasteiger partial charge in [0.25, 0.3) is 11.8 Å². The van der Waals surface area contributed by atoms with Gasteiger partial charge < -0.3 is 15.1 Å². The van der Waals surface area contributed by atoms with Gasteiger partial charge in [0.1, 0.15) is 17.2 Å². The normalized spacial score (nSPS) is 11.8. The van der Waals surface area contributed by atoms with Crippen molar-refractivity contribution in [3.05, 3.63) is 98.9 Å². The number of oxazole rings is 1. The summed E-state index contributed by atoms with van der Waals surface area (Å²) >= 11 is 0. The number of amides is 2. The average molecular weight is 560 g/mol. The lowest BCUT2D eigenvalue weighted by Crippen LogP contribution is -2.28. The molecular weight excluding hydrogens is 543 g/mol. The lowest BCUT2D eigenvalue weighted by molar-refractivity contribution is -0.140. The van der Waals surface area contributed by atoms with Crippen LogP contribution in [0.2, 0.25) is 0 Å². The van der Waals surface area contributed by atoms with Crippen LogP contribution < -0.4 is 16.4 Å². The third kappa shape index (κ3) is 5.00. The standard InChI is InChI=1S/C25H17F5N6O4/c1-35-18-7-13(3-5-20(18)40-24(35)39)10-31-22(37)17-8-19(36-21(34-17)16(27)11-33-36)23(38)32-9-12-2-4-15(26)14(6-12)25(28,29)30/h2-8,11H,9-10H2,1H3,(H,31,37)(H,32,38). The maximum Gasteiger partial charge on any atom is 0.419 e. The first-order valence-electron chi connectivity index (χ1n) is 11.5. The number of rotatable bonds is 6. The molecule has 0 aliphatic heterocycles. The Morgan fingerprint density at radius 3 is 2.35 bits per heavy atom. The van der Waals surface area contributed by atoms with Crippen molar-refractivity contribution in [2.45, 2.75) is 19.3 Å². The van der Waals surface area contributed by atoms with Gasteiger partial charge in [-0.1, -0.05) is 12.1 Å². The number of fused-ring (bicyclic) bond motifs is 2. The highest BCUT2D eigenvalue weighted by Crippen LogP contribution is 2.32. The Morgan fingerprint density at radius 2 is 1.62 bits per heavy atom. The summed E-state index contributed by atoms with van der Waals surface area (Å²) in [6.45, 7) is -0.452. The lowest BCUT2D eigenvalue weighted by Gasteiger charge is -2.12. The van der Waals surface area contributed by atoms with E-state index in [1.165, 1.54) is 11.6 Å². The van der Waals surface area contributed by atoms with E-state index < -0.39 is 53.1 Å². The predicted octanol–water partition coefficient (Wildman–Crippen LogP) is 3.33. The van der Waals surface area contributed by atoms with Crippen molar-refractivity contribution in [3.8, 4) is 0 Å². The van der Waals surface area contributed by atoms with Crippen molar-refractivity contribution in [1.29, 1.82) is 0 Å². The second-order valence-electron chi connectivity index (χ2n) is 8.66. The number of aromatic nitrogens is 4. The highest BCUT2D eigenvalue weighted by molar-refractivity contribution is 5.98. The first-order valence-corrected chi connectivity index (χ1v) is 11.5. The molecule has 2 aromatic carbocycles. The summed E-state index contributed by atoms with van der Waals surface area (Å²) in [7, 11) is 1.52. The van der Waals surface area contributed by atoms with Gasteiger partial charge in [0.2, 0.25) is 0 Å². The molecule has 0 aliphatic rings. The van der Waals surface area contributed by atoms with Gasteiger partial charge >= 0.3 is 11.9 Å². The Balaban J connectivity index is 1.36. The summed E-state index contributed by atoms with van der Waals surface area (Å²) in [5, 5.41) is 8.68. The van der Waals surface area contributed by atoms with Crippen LogP contribution in [0.1, 0.15) is 37.7 Å². The number of benzene rings is 2. The molecule has 5 aromatic rings. The minimum atomic E-state index is -4.93. The van der Waals surface area contributed by atoms with Crippen LogP contribution in [0.5, 0.6) is 0 Å². The molecule has 0 atom stereocenters. The van der Waals surface area contributed by atoms with E-state index in [0.29, 0.717) is 28.8 Å². The topological polar surface area (TPSA) is 124 Å².